The zero-order valence-corrected chi connectivity index (χ0v) is 15.5. The number of hydrogen-bond donors (Lipinski definition) is 0. The van der Waals surface area contributed by atoms with Gasteiger partial charge in [-0.15, -0.1) is 0 Å². The van der Waals surface area contributed by atoms with Gasteiger partial charge in [0.25, 0.3) is 5.23 Å². The lowest BCUT2D eigenvalue weighted by molar-refractivity contribution is -0.146. The smallest absolute Gasteiger partial charge is 0.310 e. The number of aliphatic imine (C=N–C) groups is 1. The minimum Gasteiger partial charge on any atom is -0.463 e. The van der Waals surface area contributed by atoms with Crippen LogP contribution in [-0.4, -0.2) is 35.9 Å². The molecule has 132 valence electrons. The van der Waals surface area contributed by atoms with Gasteiger partial charge in [-0.2, -0.15) is 0 Å². The molecule has 6 heteroatoms. The minimum atomic E-state index is -0.223. The highest BCUT2D eigenvalue weighted by atomic mass is 32.2. The highest BCUT2D eigenvalue weighted by molar-refractivity contribution is 8.13. The average Bonchev–Trinajstić information content (AvgIpc) is 2.94. The summed E-state index contributed by atoms with van der Waals surface area (Å²) in [6.07, 6.45) is 0.0417. The topological polar surface area (TPSA) is 57.1 Å². The second kappa shape index (κ2) is 9.08. The van der Waals surface area contributed by atoms with Crippen LogP contribution in [0.3, 0.4) is 0 Å². The van der Waals surface area contributed by atoms with Gasteiger partial charge in [-0.1, -0.05) is 37.7 Å². The summed E-state index contributed by atoms with van der Waals surface area (Å²) in [4.78, 5) is 16.1. The van der Waals surface area contributed by atoms with Crippen LogP contribution in [0.1, 0.15) is 33.3 Å². The van der Waals surface area contributed by atoms with Crippen molar-refractivity contribution in [3.8, 4) is 5.75 Å². The van der Waals surface area contributed by atoms with Gasteiger partial charge in [0.1, 0.15) is 5.75 Å². The lowest BCUT2D eigenvalue weighted by Crippen LogP contribution is -2.13. The molecule has 0 amide bonds. The molecule has 1 atom stereocenters. The molecular weight excluding hydrogens is 326 g/mol. The van der Waals surface area contributed by atoms with Gasteiger partial charge < -0.3 is 14.2 Å². The molecule has 1 unspecified atom stereocenters. The maximum absolute atomic E-state index is 11.6. The van der Waals surface area contributed by atoms with Gasteiger partial charge in [-0.3, -0.25) is 4.79 Å². The van der Waals surface area contributed by atoms with E-state index >= 15 is 0 Å². The average molecular weight is 351 g/mol. The SMILES string of the molecule is CC(C)COC1CSC(Oc2ccc(CC(=O)OC(C)C)cc2)=N1. The number of thioether (sulfide) groups is 1. The van der Waals surface area contributed by atoms with E-state index in [1.54, 1.807) is 11.8 Å². The summed E-state index contributed by atoms with van der Waals surface area (Å²) in [6.45, 7) is 8.60. The molecule has 0 aromatic heterocycles. The first-order chi connectivity index (χ1) is 11.4. The molecule has 0 aliphatic carbocycles. The summed E-state index contributed by atoms with van der Waals surface area (Å²) in [6, 6.07) is 7.40. The summed E-state index contributed by atoms with van der Waals surface area (Å²) >= 11 is 1.55. The molecule has 0 N–H and O–H groups in total. The fraction of sp³-hybridized carbons (Fsp3) is 0.556. The fourth-order valence-electron chi connectivity index (χ4n) is 2.03. The second-order valence-corrected chi connectivity index (χ2v) is 7.32. The van der Waals surface area contributed by atoms with Crippen molar-refractivity contribution in [1.82, 2.24) is 0 Å². The van der Waals surface area contributed by atoms with Gasteiger partial charge in [0.15, 0.2) is 6.23 Å². The van der Waals surface area contributed by atoms with E-state index in [9.17, 15) is 4.79 Å². The highest BCUT2D eigenvalue weighted by Crippen LogP contribution is 2.23. The number of nitrogens with zero attached hydrogens (tertiary/aromatic N) is 1. The van der Waals surface area contributed by atoms with Crippen LogP contribution in [0.15, 0.2) is 29.3 Å². The molecule has 5 nitrogen and oxygen atoms in total. The number of ether oxygens (including phenoxy) is 3. The molecule has 0 radical (unpaired) electrons. The maximum atomic E-state index is 11.6. The monoisotopic (exact) mass is 351 g/mol. The van der Waals surface area contributed by atoms with Crippen LogP contribution in [0.5, 0.6) is 5.75 Å². The van der Waals surface area contributed by atoms with Crippen LogP contribution in [-0.2, 0) is 20.7 Å². The number of benzene rings is 1. The van der Waals surface area contributed by atoms with Crippen LogP contribution in [0.2, 0.25) is 0 Å². The predicted molar refractivity (Wildman–Crippen MR) is 96.5 cm³/mol. The van der Waals surface area contributed by atoms with Crippen molar-refractivity contribution in [2.45, 2.75) is 46.4 Å². The van der Waals surface area contributed by atoms with Crippen LogP contribution in [0.25, 0.3) is 0 Å². The van der Waals surface area contributed by atoms with Crippen molar-refractivity contribution < 1.29 is 19.0 Å². The van der Waals surface area contributed by atoms with Crippen LogP contribution < -0.4 is 4.74 Å². The molecule has 1 aromatic rings. The van der Waals surface area contributed by atoms with Crippen LogP contribution in [0, 0.1) is 5.92 Å². The summed E-state index contributed by atoms with van der Waals surface area (Å²) in [5.74, 6) is 1.75. The summed E-state index contributed by atoms with van der Waals surface area (Å²) in [5, 5.41) is 0.621. The third kappa shape index (κ3) is 6.53. The lowest BCUT2D eigenvalue weighted by Gasteiger charge is -2.09. The van der Waals surface area contributed by atoms with Crippen molar-refractivity contribution in [1.29, 1.82) is 0 Å². The van der Waals surface area contributed by atoms with E-state index in [2.05, 4.69) is 18.8 Å². The highest BCUT2D eigenvalue weighted by Gasteiger charge is 2.20. The fourth-order valence-corrected chi connectivity index (χ4v) is 2.83. The Bertz CT molecular complexity index is 569. The Morgan fingerprint density at radius 2 is 1.96 bits per heavy atom. The minimum absolute atomic E-state index is 0.0941. The van der Waals surface area contributed by atoms with Crippen molar-refractivity contribution >= 4 is 23.0 Å². The Morgan fingerprint density at radius 1 is 1.25 bits per heavy atom. The maximum Gasteiger partial charge on any atom is 0.310 e. The van der Waals surface area contributed by atoms with Gasteiger partial charge in [-0.25, -0.2) is 4.99 Å². The zero-order valence-electron chi connectivity index (χ0n) is 14.7. The number of esters is 1. The Kier molecular flexibility index (Phi) is 7.12. The lowest BCUT2D eigenvalue weighted by atomic mass is 10.1. The number of carbonyl (C=O) groups excluding carboxylic acids is 1. The van der Waals surface area contributed by atoms with E-state index in [-0.39, 0.29) is 24.7 Å². The Morgan fingerprint density at radius 3 is 2.58 bits per heavy atom. The normalized spacial score (nSPS) is 17.2. The van der Waals surface area contributed by atoms with Gasteiger partial charge in [0.05, 0.1) is 19.1 Å². The molecule has 0 saturated carbocycles. The van der Waals surface area contributed by atoms with E-state index < -0.39 is 0 Å². The molecule has 0 fully saturated rings. The largest absolute Gasteiger partial charge is 0.463 e. The summed E-state index contributed by atoms with van der Waals surface area (Å²) < 4.78 is 16.6. The quantitative estimate of drug-likeness (QED) is 0.702. The van der Waals surface area contributed by atoms with Gasteiger partial charge >= 0.3 is 5.97 Å². The van der Waals surface area contributed by atoms with E-state index in [0.717, 1.165) is 11.3 Å². The summed E-state index contributed by atoms with van der Waals surface area (Å²) in [7, 11) is 0. The Labute approximate surface area is 147 Å². The number of carbonyl (C=O) groups is 1. The molecule has 1 aliphatic rings. The van der Waals surface area contributed by atoms with E-state index in [1.807, 2.05) is 38.1 Å². The molecule has 1 heterocycles. The second-order valence-electron chi connectivity index (χ2n) is 6.35. The van der Waals surface area contributed by atoms with E-state index in [4.69, 9.17) is 14.2 Å². The molecule has 1 aromatic carbocycles. The van der Waals surface area contributed by atoms with Crippen LogP contribution in [0.4, 0.5) is 0 Å². The van der Waals surface area contributed by atoms with Crippen molar-refractivity contribution in [3.05, 3.63) is 29.8 Å². The first-order valence-electron chi connectivity index (χ1n) is 8.21. The molecule has 1 aliphatic heterocycles. The van der Waals surface area contributed by atoms with Gasteiger partial charge in [0.2, 0.25) is 0 Å². The van der Waals surface area contributed by atoms with Crippen molar-refractivity contribution in [2.24, 2.45) is 10.9 Å². The third-order valence-electron chi connectivity index (χ3n) is 3.06. The van der Waals surface area contributed by atoms with E-state index in [1.165, 1.54) is 0 Å². The van der Waals surface area contributed by atoms with Crippen molar-refractivity contribution in [3.63, 3.8) is 0 Å². The molecule has 0 spiro atoms. The summed E-state index contributed by atoms with van der Waals surface area (Å²) in [5.41, 5.74) is 0.896. The van der Waals surface area contributed by atoms with Crippen LogP contribution >= 0.6 is 11.8 Å². The zero-order chi connectivity index (χ0) is 17.5. The molecular formula is C18H25NO4S. The van der Waals surface area contributed by atoms with Crippen molar-refractivity contribution in [2.75, 3.05) is 12.4 Å². The molecule has 2 rings (SSSR count). The molecule has 0 bridgehead atoms. The predicted octanol–water partition coefficient (Wildman–Crippen LogP) is 3.66. The number of rotatable bonds is 7. The Hall–Kier alpha value is -1.53. The first kappa shape index (κ1) is 18.8. The van der Waals surface area contributed by atoms with Gasteiger partial charge in [-0.05, 0) is 37.5 Å². The Balaban J connectivity index is 1.83. The van der Waals surface area contributed by atoms with E-state index in [0.29, 0.717) is 23.5 Å². The first-order valence-corrected chi connectivity index (χ1v) is 9.19. The molecule has 24 heavy (non-hydrogen) atoms. The third-order valence-corrected chi connectivity index (χ3v) is 3.95. The standard InChI is InChI=1S/C18H25NO4S/c1-12(2)10-21-16-11-24-18(19-16)23-15-7-5-14(6-8-15)9-17(20)22-13(3)4/h5-8,12-13,16H,9-11H2,1-4H3. The molecule has 0 saturated heterocycles. The van der Waals surface area contributed by atoms with Gasteiger partial charge in [0, 0.05) is 5.75 Å². The number of hydrogen-bond acceptors (Lipinski definition) is 6.